The summed E-state index contributed by atoms with van der Waals surface area (Å²) in [6.45, 7) is 5.13. The van der Waals surface area contributed by atoms with E-state index < -0.39 is 0 Å². The van der Waals surface area contributed by atoms with Gasteiger partial charge in [0.15, 0.2) is 5.13 Å². The molecule has 0 unspecified atom stereocenters. The minimum absolute atomic E-state index is 0.653. The third-order valence-corrected chi connectivity index (χ3v) is 4.58. The van der Waals surface area contributed by atoms with Crippen LogP contribution in [0, 0.1) is 0 Å². The van der Waals surface area contributed by atoms with E-state index in [1.807, 2.05) is 18.3 Å². The molecule has 0 spiro atoms. The first-order valence-corrected chi connectivity index (χ1v) is 7.83. The third kappa shape index (κ3) is 3.23. The van der Waals surface area contributed by atoms with E-state index in [-0.39, 0.29) is 0 Å². The van der Waals surface area contributed by atoms with Crippen LogP contribution in [0.4, 0.5) is 10.8 Å². The van der Waals surface area contributed by atoms with Gasteiger partial charge in [-0.15, -0.1) is 11.3 Å². The van der Waals surface area contributed by atoms with Gasteiger partial charge in [-0.25, -0.2) is 4.98 Å². The number of hydrogen-bond acceptors (Lipinski definition) is 5. The molecular formula is C14H17ClN4S. The van der Waals surface area contributed by atoms with Gasteiger partial charge < -0.3 is 10.6 Å². The van der Waals surface area contributed by atoms with Crippen LogP contribution < -0.4 is 10.6 Å². The molecule has 2 aromatic rings. The Hall–Kier alpha value is -1.30. The molecule has 0 bridgehead atoms. The zero-order chi connectivity index (χ0) is 13.9. The van der Waals surface area contributed by atoms with Crippen molar-refractivity contribution in [2.75, 3.05) is 36.8 Å². The Kier molecular flexibility index (Phi) is 4.10. The molecule has 1 aliphatic heterocycles. The molecule has 2 N–H and O–H groups in total. The topological polar surface area (TPSA) is 45.4 Å². The SMILES string of the molecule is Nc1ncc(CN2CCN(c3ccc(Cl)cc3)CC2)s1. The van der Waals surface area contributed by atoms with Crippen molar-refractivity contribution >= 4 is 33.8 Å². The summed E-state index contributed by atoms with van der Waals surface area (Å²) in [6, 6.07) is 8.07. The average Bonchev–Trinajstić information content (AvgIpc) is 2.86. The highest BCUT2D eigenvalue weighted by Gasteiger charge is 2.17. The maximum atomic E-state index is 5.92. The van der Waals surface area contributed by atoms with Gasteiger partial charge in [-0.3, -0.25) is 4.90 Å². The monoisotopic (exact) mass is 308 g/mol. The van der Waals surface area contributed by atoms with E-state index in [2.05, 4.69) is 26.9 Å². The number of halogens is 1. The van der Waals surface area contributed by atoms with Crippen LogP contribution in [0.25, 0.3) is 0 Å². The van der Waals surface area contributed by atoms with Crippen molar-refractivity contribution in [2.24, 2.45) is 0 Å². The number of aromatic nitrogens is 1. The lowest BCUT2D eigenvalue weighted by Crippen LogP contribution is -2.45. The number of thiazole rings is 1. The molecule has 1 saturated heterocycles. The fraction of sp³-hybridized carbons (Fsp3) is 0.357. The number of nitrogens with two attached hydrogens (primary N) is 1. The first-order chi connectivity index (χ1) is 9.70. The number of piperazine rings is 1. The van der Waals surface area contributed by atoms with Gasteiger partial charge in [-0.05, 0) is 24.3 Å². The molecule has 6 heteroatoms. The van der Waals surface area contributed by atoms with Crippen molar-refractivity contribution in [1.82, 2.24) is 9.88 Å². The van der Waals surface area contributed by atoms with Crippen molar-refractivity contribution in [3.8, 4) is 0 Å². The van der Waals surface area contributed by atoms with E-state index in [0.717, 1.165) is 37.7 Å². The third-order valence-electron chi connectivity index (χ3n) is 3.51. The highest BCUT2D eigenvalue weighted by Crippen LogP contribution is 2.21. The summed E-state index contributed by atoms with van der Waals surface area (Å²) >= 11 is 7.50. The Balaban J connectivity index is 1.55. The number of rotatable bonds is 3. The highest BCUT2D eigenvalue weighted by atomic mass is 35.5. The number of hydrogen-bond donors (Lipinski definition) is 1. The van der Waals surface area contributed by atoms with Gasteiger partial charge in [0, 0.05) is 54.5 Å². The van der Waals surface area contributed by atoms with Crippen molar-refractivity contribution < 1.29 is 0 Å². The zero-order valence-electron chi connectivity index (χ0n) is 11.1. The van der Waals surface area contributed by atoms with Crippen LogP contribution in [0.1, 0.15) is 4.88 Å². The highest BCUT2D eigenvalue weighted by molar-refractivity contribution is 7.15. The lowest BCUT2D eigenvalue weighted by atomic mass is 10.2. The molecule has 1 aromatic carbocycles. The zero-order valence-corrected chi connectivity index (χ0v) is 12.7. The molecule has 4 nitrogen and oxygen atoms in total. The number of anilines is 2. The van der Waals surface area contributed by atoms with Gasteiger partial charge in [-0.1, -0.05) is 11.6 Å². The Morgan fingerprint density at radius 1 is 1.15 bits per heavy atom. The standard InChI is InChI=1S/C14H17ClN4S/c15-11-1-3-12(4-2-11)19-7-5-18(6-8-19)10-13-9-17-14(16)20-13/h1-4,9H,5-8,10H2,(H2,16,17). The average molecular weight is 309 g/mol. The predicted octanol–water partition coefficient (Wildman–Crippen LogP) is 2.70. The smallest absolute Gasteiger partial charge is 0.180 e. The van der Waals surface area contributed by atoms with E-state index in [9.17, 15) is 0 Å². The first-order valence-electron chi connectivity index (χ1n) is 6.64. The van der Waals surface area contributed by atoms with Gasteiger partial charge in [-0.2, -0.15) is 0 Å². The Labute approximate surface area is 127 Å². The van der Waals surface area contributed by atoms with Crippen LogP contribution in [0.15, 0.2) is 30.5 Å². The number of nitrogens with zero attached hydrogens (tertiary/aromatic N) is 3. The summed E-state index contributed by atoms with van der Waals surface area (Å²) in [5, 5.41) is 1.44. The van der Waals surface area contributed by atoms with Crippen LogP contribution in [-0.4, -0.2) is 36.1 Å². The van der Waals surface area contributed by atoms with Gasteiger partial charge in [0.2, 0.25) is 0 Å². The predicted molar refractivity (Wildman–Crippen MR) is 85.5 cm³/mol. The van der Waals surface area contributed by atoms with E-state index in [1.54, 1.807) is 11.3 Å². The molecule has 0 radical (unpaired) electrons. The molecule has 0 amide bonds. The molecule has 0 saturated carbocycles. The normalized spacial score (nSPS) is 16.6. The summed E-state index contributed by atoms with van der Waals surface area (Å²) < 4.78 is 0. The van der Waals surface area contributed by atoms with Crippen LogP contribution in [0.3, 0.4) is 0 Å². The van der Waals surface area contributed by atoms with Crippen molar-refractivity contribution in [3.63, 3.8) is 0 Å². The Morgan fingerprint density at radius 2 is 1.85 bits per heavy atom. The summed E-state index contributed by atoms with van der Waals surface area (Å²) in [5.74, 6) is 0. The quantitative estimate of drug-likeness (QED) is 0.947. The van der Waals surface area contributed by atoms with Crippen LogP contribution >= 0.6 is 22.9 Å². The minimum Gasteiger partial charge on any atom is -0.375 e. The number of nitrogen functional groups attached to an aromatic ring is 1. The van der Waals surface area contributed by atoms with E-state index >= 15 is 0 Å². The van der Waals surface area contributed by atoms with Crippen molar-refractivity contribution in [1.29, 1.82) is 0 Å². The molecule has 1 aromatic heterocycles. The maximum Gasteiger partial charge on any atom is 0.180 e. The lowest BCUT2D eigenvalue weighted by Gasteiger charge is -2.35. The molecule has 20 heavy (non-hydrogen) atoms. The molecular weight excluding hydrogens is 292 g/mol. The van der Waals surface area contributed by atoms with Crippen molar-refractivity contribution in [3.05, 3.63) is 40.4 Å². The number of benzene rings is 1. The van der Waals surface area contributed by atoms with E-state index in [4.69, 9.17) is 17.3 Å². The summed E-state index contributed by atoms with van der Waals surface area (Å²) in [5.41, 5.74) is 6.91. The van der Waals surface area contributed by atoms with E-state index in [1.165, 1.54) is 10.6 Å². The summed E-state index contributed by atoms with van der Waals surface area (Å²) in [6.07, 6.45) is 1.88. The van der Waals surface area contributed by atoms with Gasteiger partial charge in [0.05, 0.1) is 0 Å². The summed E-state index contributed by atoms with van der Waals surface area (Å²) in [4.78, 5) is 10.2. The van der Waals surface area contributed by atoms with Crippen LogP contribution in [-0.2, 0) is 6.54 Å². The molecule has 1 fully saturated rings. The molecule has 2 heterocycles. The second-order valence-corrected chi connectivity index (χ2v) is 6.49. The Morgan fingerprint density at radius 3 is 2.45 bits per heavy atom. The summed E-state index contributed by atoms with van der Waals surface area (Å²) in [7, 11) is 0. The second kappa shape index (κ2) is 5.99. The van der Waals surface area contributed by atoms with Gasteiger partial charge in [0.1, 0.15) is 0 Å². The molecule has 3 rings (SSSR count). The minimum atomic E-state index is 0.653. The largest absolute Gasteiger partial charge is 0.375 e. The van der Waals surface area contributed by atoms with Crippen molar-refractivity contribution in [2.45, 2.75) is 6.54 Å². The molecule has 1 aliphatic rings. The maximum absolute atomic E-state index is 5.92. The van der Waals surface area contributed by atoms with Crippen LogP contribution in [0.5, 0.6) is 0 Å². The van der Waals surface area contributed by atoms with Crippen LogP contribution in [0.2, 0.25) is 5.02 Å². The van der Waals surface area contributed by atoms with Gasteiger partial charge >= 0.3 is 0 Å². The molecule has 106 valence electrons. The second-order valence-electron chi connectivity index (χ2n) is 4.90. The van der Waals surface area contributed by atoms with E-state index in [0.29, 0.717) is 5.13 Å². The fourth-order valence-electron chi connectivity index (χ4n) is 2.43. The molecule has 0 aliphatic carbocycles. The lowest BCUT2D eigenvalue weighted by molar-refractivity contribution is 0.252. The molecule has 0 atom stereocenters. The fourth-order valence-corrected chi connectivity index (χ4v) is 3.28. The Bertz CT molecular complexity index is 561. The van der Waals surface area contributed by atoms with Gasteiger partial charge in [0.25, 0.3) is 0 Å². The first kappa shape index (κ1) is 13.7.